The second kappa shape index (κ2) is 6.65. The number of hydrogen-bond donors (Lipinski definition) is 1. The maximum Gasteiger partial charge on any atom is 0.306 e. The highest BCUT2D eigenvalue weighted by Crippen LogP contribution is 2.09. The van der Waals surface area contributed by atoms with Crippen LogP contribution in [0.1, 0.15) is 44.3 Å². The van der Waals surface area contributed by atoms with E-state index in [-0.39, 0.29) is 24.7 Å². The fraction of sp³-hybridized carbons (Fsp3) is 0.615. The SMILES string of the molecule is Cc1nc(CNC(=O)CCC(=O)OC(C)(C)C)cs1. The fourth-order valence-electron chi connectivity index (χ4n) is 1.38. The fourth-order valence-corrected chi connectivity index (χ4v) is 1.99. The van der Waals surface area contributed by atoms with Crippen LogP contribution >= 0.6 is 11.3 Å². The van der Waals surface area contributed by atoms with E-state index in [1.165, 1.54) is 0 Å². The van der Waals surface area contributed by atoms with Crippen molar-refractivity contribution in [3.8, 4) is 0 Å². The van der Waals surface area contributed by atoms with Gasteiger partial charge in [0.25, 0.3) is 0 Å². The molecule has 106 valence electrons. The number of aryl methyl sites for hydroxylation is 1. The van der Waals surface area contributed by atoms with Gasteiger partial charge in [0.2, 0.25) is 5.91 Å². The van der Waals surface area contributed by atoms with Gasteiger partial charge in [0, 0.05) is 11.8 Å². The molecule has 1 aromatic rings. The first kappa shape index (κ1) is 15.6. The summed E-state index contributed by atoms with van der Waals surface area (Å²) in [6.45, 7) is 7.72. The van der Waals surface area contributed by atoms with Crippen LogP contribution in [0.4, 0.5) is 0 Å². The van der Waals surface area contributed by atoms with Crippen LogP contribution in [-0.4, -0.2) is 22.5 Å². The van der Waals surface area contributed by atoms with Crippen molar-refractivity contribution in [1.29, 1.82) is 0 Å². The number of thiazole rings is 1. The van der Waals surface area contributed by atoms with E-state index in [0.29, 0.717) is 6.54 Å². The quantitative estimate of drug-likeness (QED) is 0.842. The Balaban J connectivity index is 2.23. The van der Waals surface area contributed by atoms with Gasteiger partial charge in [-0.3, -0.25) is 9.59 Å². The van der Waals surface area contributed by atoms with Gasteiger partial charge in [-0.1, -0.05) is 0 Å². The number of nitrogens with zero attached hydrogens (tertiary/aromatic N) is 1. The van der Waals surface area contributed by atoms with Gasteiger partial charge in [-0.2, -0.15) is 0 Å². The van der Waals surface area contributed by atoms with Crippen molar-refractivity contribution in [1.82, 2.24) is 10.3 Å². The molecule has 0 aromatic carbocycles. The Morgan fingerprint density at radius 1 is 1.37 bits per heavy atom. The summed E-state index contributed by atoms with van der Waals surface area (Å²) in [4.78, 5) is 27.2. The molecule has 1 rings (SSSR count). The van der Waals surface area contributed by atoms with Crippen LogP contribution in [0.2, 0.25) is 0 Å². The molecule has 19 heavy (non-hydrogen) atoms. The summed E-state index contributed by atoms with van der Waals surface area (Å²) in [6.07, 6.45) is 0.233. The molecule has 0 unspecified atom stereocenters. The number of carbonyl (C=O) groups is 2. The molecule has 1 N–H and O–H groups in total. The number of rotatable bonds is 5. The Morgan fingerprint density at radius 3 is 2.58 bits per heavy atom. The predicted molar refractivity (Wildman–Crippen MR) is 73.8 cm³/mol. The van der Waals surface area contributed by atoms with Crippen molar-refractivity contribution < 1.29 is 14.3 Å². The summed E-state index contributed by atoms with van der Waals surface area (Å²) in [7, 11) is 0. The minimum atomic E-state index is -0.508. The van der Waals surface area contributed by atoms with Crippen LogP contribution in [0.15, 0.2) is 5.38 Å². The number of carbonyl (C=O) groups excluding carboxylic acids is 2. The van der Waals surface area contributed by atoms with Gasteiger partial charge in [-0.25, -0.2) is 4.98 Å². The van der Waals surface area contributed by atoms with Crippen molar-refractivity contribution in [2.24, 2.45) is 0 Å². The third-order valence-corrected chi connectivity index (χ3v) is 2.93. The summed E-state index contributed by atoms with van der Waals surface area (Å²) in [5, 5.41) is 5.60. The zero-order valence-corrected chi connectivity index (χ0v) is 12.6. The van der Waals surface area contributed by atoms with Crippen molar-refractivity contribution in [2.75, 3.05) is 0 Å². The lowest BCUT2D eigenvalue weighted by molar-refractivity contribution is -0.155. The zero-order valence-electron chi connectivity index (χ0n) is 11.8. The van der Waals surface area contributed by atoms with E-state index in [2.05, 4.69) is 10.3 Å². The van der Waals surface area contributed by atoms with E-state index in [4.69, 9.17) is 4.74 Å². The van der Waals surface area contributed by atoms with Crippen LogP contribution in [0.25, 0.3) is 0 Å². The van der Waals surface area contributed by atoms with Gasteiger partial charge >= 0.3 is 5.97 Å². The molecule has 0 saturated heterocycles. The van der Waals surface area contributed by atoms with Gasteiger partial charge in [-0.15, -0.1) is 11.3 Å². The minimum Gasteiger partial charge on any atom is -0.460 e. The second-order valence-electron chi connectivity index (χ2n) is 5.22. The van der Waals surface area contributed by atoms with Crippen molar-refractivity contribution >= 4 is 23.2 Å². The Morgan fingerprint density at radius 2 is 2.05 bits per heavy atom. The number of nitrogens with one attached hydrogen (secondary N) is 1. The predicted octanol–water partition coefficient (Wildman–Crippen LogP) is 2.19. The number of ether oxygens (including phenoxy) is 1. The first-order chi connectivity index (χ1) is 8.76. The molecule has 0 bridgehead atoms. The van der Waals surface area contributed by atoms with Gasteiger partial charge in [0.05, 0.1) is 23.7 Å². The Kier molecular flexibility index (Phi) is 5.47. The van der Waals surface area contributed by atoms with E-state index in [9.17, 15) is 9.59 Å². The molecule has 0 aliphatic heterocycles. The summed E-state index contributed by atoms with van der Waals surface area (Å²) in [6, 6.07) is 0. The third kappa shape index (κ3) is 6.91. The van der Waals surface area contributed by atoms with Crippen LogP contribution in [0.5, 0.6) is 0 Å². The van der Waals surface area contributed by atoms with E-state index >= 15 is 0 Å². The van der Waals surface area contributed by atoms with E-state index in [1.54, 1.807) is 32.1 Å². The molecular formula is C13H20N2O3S. The monoisotopic (exact) mass is 284 g/mol. The molecule has 1 heterocycles. The molecule has 5 nitrogen and oxygen atoms in total. The van der Waals surface area contributed by atoms with Crippen molar-refractivity contribution in [3.63, 3.8) is 0 Å². The lowest BCUT2D eigenvalue weighted by Crippen LogP contribution is -2.27. The largest absolute Gasteiger partial charge is 0.460 e. The van der Waals surface area contributed by atoms with E-state index in [1.807, 2.05) is 12.3 Å². The molecule has 0 saturated carbocycles. The van der Waals surface area contributed by atoms with Gasteiger partial charge in [0.15, 0.2) is 0 Å². The van der Waals surface area contributed by atoms with Crippen molar-refractivity contribution in [3.05, 3.63) is 16.1 Å². The van der Waals surface area contributed by atoms with E-state index < -0.39 is 5.60 Å². The van der Waals surface area contributed by atoms with E-state index in [0.717, 1.165) is 10.7 Å². The summed E-state index contributed by atoms with van der Waals surface area (Å²) in [5.74, 6) is -0.524. The van der Waals surface area contributed by atoms with Crippen LogP contribution in [0.3, 0.4) is 0 Å². The highest BCUT2D eigenvalue weighted by atomic mass is 32.1. The molecule has 0 spiro atoms. The summed E-state index contributed by atoms with van der Waals surface area (Å²) < 4.78 is 5.12. The second-order valence-corrected chi connectivity index (χ2v) is 6.28. The van der Waals surface area contributed by atoms with Gasteiger partial charge in [0.1, 0.15) is 5.60 Å². The topological polar surface area (TPSA) is 68.3 Å². The Labute approximate surface area is 117 Å². The molecule has 0 radical (unpaired) electrons. The van der Waals surface area contributed by atoms with Crippen LogP contribution < -0.4 is 5.32 Å². The molecule has 0 aliphatic rings. The maximum absolute atomic E-state index is 11.5. The van der Waals surface area contributed by atoms with Gasteiger partial charge in [-0.05, 0) is 27.7 Å². The smallest absolute Gasteiger partial charge is 0.306 e. The lowest BCUT2D eigenvalue weighted by atomic mass is 10.2. The molecule has 0 atom stereocenters. The number of amides is 1. The third-order valence-electron chi connectivity index (χ3n) is 2.11. The molecular weight excluding hydrogens is 264 g/mol. The molecule has 1 aromatic heterocycles. The molecule has 0 aliphatic carbocycles. The number of hydrogen-bond acceptors (Lipinski definition) is 5. The van der Waals surface area contributed by atoms with Crippen molar-refractivity contribution in [2.45, 2.75) is 52.7 Å². The number of aromatic nitrogens is 1. The summed E-state index contributed by atoms with van der Waals surface area (Å²) in [5.41, 5.74) is 0.333. The average Bonchev–Trinajstić information content (AvgIpc) is 2.67. The van der Waals surface area contributed by atoms with Crippen LogP contribution in [-0.2, 0) is 20.9 Å². The highest BCUT2D eigenvalue weighted by molar-refractivity contribution is 7.09. The van der Waals surface area contributed by atoms with Gasteiger partial charge < -0.3 is 10.1 Å². The Bertz CT molecular complexity index is 449. The zero-order chi connectivity index (χ0) is 14.5. The summed E-state index contributed by atoms with van der Waals surface area (Å²) >= 11 is 1.54. The molecule has 0 fully saturated rings. The standard InChI is InChI=1S/C13H20N2O3S/c1-9-15-10(8-19-9)7-14-11(16)5-6-12(17)18-13(2,3)4/h8H,5-7H2,1-4H3,(H,14,16). The average molecular weight is 284 g/mol. The Hall–Kier alpha value is -1.43. The highest BCUT2D eigenvalue weighted by Gasteiger charge is 2.17. The minimum absolute atomic E-state index is 0.0964. The first-order valence-electron chi connectivity index (χ1n) is 6.16. The normalized spacial score (nSPS) is 11.2. The maximum atomic E-state index is 11.5. The van der Waals surface area contributed by atoms with Crippen LogP contribution in [0, 0.1) is 6.92 Å². The molecule has 6 heteroatoms. The lowest BCUT2D eigenvalue weighted by Gasteiger charge is -2.19. The number of esters is 1. The molecule has 1 amide bonds. The first-order valence-corrected chi connectivity index (χ1v) is 7.04.